The molecule has 0 bridgehead atoms. The Morgan fingerprint density at radius 1 is 1.12 bits per heavy atom. The molecule has 0 spiro atoms. The number of carbonyl (C=O) groups is 1. The van der Waals surface area contributed by atoms with Crippen molar-refractivity contribution in [3.05, 3.63) is 29.8 Å². The van der Waals surface area contributed by atoms with Gasteiger partial charge in [-0.3, -0.25) is 4.79 Å². The second kappa shape index (κ2) is 8.52. The zero-order chi connectivity index (χ0) is 17.2. The number of carbonyl (C=O) groups excluding carboxylic acids is 1. The topological polar surface area (TPSA) is 75.3 Å². The number of hydrogen-bond donors (Lipinski definition) is 2. The molecule has 2 aliphatic rings. The maximum Gasteiger partial charge on any atom is 0.251 e. The quantitative estimate of drug-likeness (QED) is 0.833. The highest BCUT2D eigenvalue weighted by molar-refractivity contribution is 7.92. The van der Waals surface area contributed by atoms with Gasteiger partial charge in [-0.05, 0) is 56.0 Å². The van der Waals surface area contributed by atoms with Crippen LogP contribution < -0.4 is 10.6 Å². The summed E-state index contributed by atoms with van der Waals surface area (Å²) >= 11 is 0. The van der Waals surface area contributed by atoms with Gasteiger partial charge in [-0.15, -0.1) is 12.4 Å². The fourth-order valence-corrected chi connectivity index (χ4v) is 5.48. The van der Waals surface area contributed by atoms with Crippen LogP contribution in [0, 0.1) is 5.92 Å². The van der Waals surface area contributed by atoms with Crippen LogP contribution in [0.3, 0.4) is 0 Å². The van der Waals surface area contributed by atoms with Gasteiger partial charge < -0.3 is 10.6 Å². The van der Waals surface area contributed by atoms with Gasteiger partial charge in [-0.2, -0.15) is 0 Å². The minimum absolute atomic E-state index is 0. The maximum atomic E-state index is 12.6. The van der Waals surface area contributed by atoms with Crippen LogP contribution in [0.1, 0.15) is 49.4 Å². The predicted molar refractivity (Wildman–Crippen MR) is 101 cm³/mol. The predicted octanol–water partition coefficient (Wildman–Crippen LogP) is 2.55. The molecule has 1 aromatic rings. The molecule has 2 fully saturated rings. The van der Waals surface area contributed by atoms with E-state index in [1.165, 1.54) is 0 Å². The molecule has 25 heavy (non-hydrogen) atoms. The van der Waals surface area contributed by atoms with E-state index in [9.17, 15) is 13.2 Å². The molecule has 2 unspecified atom stereocenters. The zero-order valence-electron chi connectivity index (χ0n) is 14.5. The van der Waals surface area contributed by atoms with Gasteiger partial charge in [0.2, 0.25) is 0 Å². The summed E-state index contributed by atoms with van der Waals surface area (Å²) < 4.78 is 25.1. The first kappa shape index (κ1) is 20.2. The summed E-state index contributed by atoms with van der Waals surface area (Å²) in [6.07, 6.45) is 4.51. The molecule has 1 amide bonds. The minimum atomic E-state index is -3.26. The van der Waals surface area contributed by atoms with Crippen LogP contribution in [0.4, 0.5) is 0 Å². The lowest BCUT2D eigenvalue weighted by molar-refractivity contribution is 0.0915. The van der Waals surface area contributed by atoms with Crippen molar-refractivity contribution in [1.29, 1.82) is 0 Å². The highest BCUT2D eigenvalue weighted by atomic mass is 35.5. The van der Waals surface area contributed by atoms with Gasteiger partial charge in [0, 0.05) is 18.2 Å². The van der Waals surface area contributed by atoms with Gasteiger partial charge in [0.05, 0.1) is 10.1 Å². The summed E-state index contributed by atoms with van der Waals surface area (Å²) in [5, 5.41) is 6.08. The van der Waals surface area contributed by atoms with E-state index in [1.54, 1.807) is 24.3 Å². The van der Waals surface area contributed by atoms with E-state index in [0.29, 0.717) is 16.4 Å². The fraction of sp³-hybridized carbons (Fsp3) is 0.611. The molecule has 3 rings (SSSR count). The largest absolute Gasteiger partial charge is 0.348 e. The van der Waals surface area contributed by atoms with Crippen molar-refractivity contribution in [2.75, 3.05) is 13.1 Å². The molecule has 1 heterocycles. The van der Waals surface area contributed by atoms with Gasteiger partial charge in [-0.1, -0.05) is 19.8 Å². The fourth-order valence-electron chi connectivity index (χ4n) is 3.62. The van der Waals surface area contributed by atoms with Crippen molar-refractivity contribution in [2.24, 2.45) is 5.92 Å². The Morgan fingerprint density at radius 3 is 2.36 bits per heavy atom. The molecule has 2 atom stereocenters. The Bertz CT molecular complexity index is 685. The molecule has 1 aliphatic carbocycles. The number of rotatable bonds is 4. The SMILES string of the molecule is CC1CCNCC1NC(=O)c1ccc(S(=O)(=O)C2CCCC2)cc1.Cl. The van der Waals surface area contributed by atoms with Crippen LogP contribution in [0.15, 0.2) is 29.2 Å². The molecule has 1 aliphatic heterocycles. The standard InChI is InChI=1S/C18H26N2O3S.ClH/c1-13-10-11-19-12-17(13)20-18(21)14-6-8-16(9-7-14)24(22,23)15-4-2-3-5-15;/h6-9,13,15,17,19H,2-5,10-12H2,1H3,(H,20,21);1H. The monoisotopic (exact) mass is 386 g/mol. The highest BCUT2D eigenvalue weighted by Gasteiger charge is 2.30. The summed E-state index contributed by atoms with van der Waals surface area (Å²) in [5.74, 6) is 0.303. The van der Waals surface area contributed by atoms with E-state index in [4.69, 9.17) is 0 Å². The average molecular weight is 387 g/mol. The summed E-state index contributed by atoms with van der Waals surface area (Å²) in [6.45, 7) is 3.91. The number of halogens is 1. The van der Waals surface area contributed by atoms with Crippen molar-refractivity contribution in [2.45, 2.75) is 55.2 Å². The smallest absolute Gasteiger partial charge is 0.251 e. The third kappa shape index (κ3) is 4.54. The lowest BCUT2D eigenvalue weighted by Gasteiger charge is -2.30. The van der Waals surface area contributed by atoms with E-state index in [1.807, 2.05) is 0 Å². The third-order valence-electron chi connectivity index (χ3n) is 5.33. The molecule has 0 radical (unpaired) electrons. The van der Waals surface area contributed by atoms with E-state index in [0.717, 1.165) is 45.2 Å². The van der Waals surface area contributed by atoms with Gasteiger partial charge in [0.25, 0.3) is 5.91 Å². The van der Waals surface area contributed by atoms with Crippen LogP contribution in [0.25, 0.3) is 0 Å². The van der Waals surface area contributed by atoms with Crippen LogP contribution in [-0.4, -0.2) is 38.7 Å². The molecular weight excluding hydrogens is 360 g/mol. The molecule has 140 valence electrons. The van der Waals surface area contributed by atoms with Crippen LogP contribution in [0.2, 0.25) is 0 Å². The lowest BCUT2D eigenvalue weighted by Crippen LogP contribution is -2.50. The van der Waals surface area contributed by atoms with Crippen molar-refractivity contribution in [1.82, 2.24) is 10.6 Å². The molecule has 1 aromatic carbocycles. The maximum absolute atomic E-state index is 12.6. The molecular formula is C18H27ClN2O3S. The van der Waals surface area contributed by atoms with E-state index >= 15 is 0 Å². The van der Waals surface area contributed by atoms with Gasteiger partial charge in [0.15, 0.2) is 9.84 Å². The summed E-state index contributed by atoms with van der Waals surface area (Å²) in [7, 11) is -3.26. The molecule has 5 nitrogen and oxygen atoms in total. The van der Waals surface area contributed by atoms with E-state index in [-0.39, 0.29) is 29.6 Å². The Labute approximate surface area is 156 Å². The molecule has 0 aromatic heterocycles. The van der Waals surface area contributed by atoms with Gasteiger partial charge in [-0.25, -0.2) is 8.42 Å². The molecule has 1 saturated carbocycles. The number of piperidine rings is 1. The molecule has 1 saturated heterocycles. The van der Waals surface area contributed by atoms with Gasteiger partial charge >= 0.3 is 0 Å². The number of sulfone groups is 1. The number of hydrogen-bond acceptors (Lipinski definition) is 4. The summed E-state index contributed by atoms with van der Waals surface area (Å²) in [4.78, 5) is 12.7. The van der Waals surface area contributed by atoms with Crippen molar-refractivity contribution in [3.8, 4) is 0 Å². The number of nitrogens with one attached hydrogen (secondary N) is 2. The number of benzene rings is 1. The van der Waals surface area contributed by atoms with Crippen LogP contribution in [-0.2, 0) is 9.84 Å². The summed E-state index contributed by atoms with van der Waals surface area (Å²) in [6, 6.07) is 6.51. The molecule has 2 N–H and O–H groups in total. The Hall–Kier alpha value is -1.11. The lowest BCUT2D eigenvalue weighted by atomic mass is 9.94. The second-order valence-electron chi connectivity index (χ2n) is 7.03. The zero-order valence-corrected chi connectivity index (χ0v) is 16.2. The first-order chi connectivity index (χ1) is 11.5. The van der Waals surface area contributed by atoms with Gasteiger partial charge in [0.1, 0.15) is 0 Å². The minimum Gasteiger partial charge on any atom is -0.348 e. The first-order valence-electron chi connectivity index (χ1n) is 8.84. The highest BCUT2D eigenvalue weighted by Crippen LogP contribution is 2.29. The summed E-state index contributed by atoms with van der Waals surface area (Å²) in [5.41, 5.74) is 0.512. The second-order valence-corrected chi connectivity index (χ2v) is 9.25. The normalized spacial score (nSPS) is 24.5. The Morgan fingerprint density at radius 2 is 1.76 bits per heavy atom. The van der Waals surface area contributed by atoms with Crippen LogP contribution >= 0.6 is 12.4 Å². The number of amides is 1. The van der Waals surface area contributed by atoms with Crippen LogP contribution in [0.5, 0.6) is 0 Å². The molecule has 7 heteroatoms. The van der Waals surface area contributed by atoms with Crippen molar-refractivity contribution in [3.63, 3.8) is 0 Å². The Balaban J connectivity index is 0.00000225. The van der Waals surface area contributed by atoms with E-state index < -0.39 is 9.84 Å². The van der Waals surface area contributed by atoms with Crippen molar-refractivity contribution < 1.29 is 13.2 Å². The first-order valence-corrected chi connectivity index (χ1v) is 10.4. The average Bonchev–Trinajstić information content (AvgIpc) is 3.12. The van der Waals surface area contributed by atoms with E-state index in [2.05, 4.69) is 17.6 Å². The third-order valence-corrected chi connectivity index (χ3v) is 7.61. The van der Waals surface area contributed by atoms with Crippen molar-refractivity contribution >= 4 is 28.2 Å². The Kier molecular flexibility index (Phi) is 6.88.